The van der Waals surface area contributed by atoms with Gasteiger partial charge in [-0.05, 0) is 61.9 Å². The zero-order valence-electron chi connectivity index (χ0n) is 14.6. The molecule has 0 bridgehead atoms. The molecule has 21 heavy (non-hydrogen) atoms. The lowest BCUT2D eigenvalue weighted by Gasteiger charge is -2.38. The van der Waals surface area contributed by atoms with Crippen LogP contribution in [0.1, 0.15) is 46.5 Å². The van der Waals surface area contributed by atoms with Crippen molar-refractivity contribution in [2.75, 3.05) is 13.2 Å². The fourth-order valence-corrected chi connectivity index (χ4v) is 3.49. The minimum absolute atomic E-state index is 0.273. The predicted octanol–water partition coefficient (Wildman–Crippen LogP) is 4.35. The zero-order valence-corrected chi connectivity index (χ0v) is 15.6. The first kappa shape index (κ1) is 18.5. The van der Waals surface area contributed by atoms with Gasteiger partial charge in [-0.1, -0.05) is 33.3 Å². The van der Waals surface area contributed by atoms with E-state index in [-0.39, 0.29) is 5.04 Å². The fraction of sp³-hybridized carbons (Fsp3) is 0.778. The molecule has 0 saturated carbocycles. The highest BCUT2D eigenvalue weighted by Crippen LogP contribution is 2.36. The number of terminal acetylenes is 1. The predicted molar refractivity (Wildman–Crippen MR) is 94.9 cm³/mol. The van der Waals surface area contributed by atoms with Crippen LogP contribution in [0.5, 0.6) is 0 Å². The van der Waals surface area contributed by atoms with Crippen molar-refractivity contribution in [2.24, 2.45) is 5.92 Å². The van der Waals surface area contributed by atoms with E-state index in [1.54, 1.807) is 0 Å². The summed E-state index contributed by atoms with van der Waals surface area (Å²) in [6.45, 7) is 17.4. The smallest absolute Gasteiger partial charge is 0.192 e. The first-order valence-corrected chi connectivity index (χ1v) is 11.1. The molecule has 1 fully saturated rings. The van der Waals surface area contributed by atoms with Crippen LogP contribution in [0.2, 0.25) is 18.1 Å². The van der Waals surface area contributed by atoms with Gasteiger partial charge in [0.2, 0.25) is 0 Å². The summed E-state index contributed by atoms with van der Waals surface area (Å²) < 4.78 is 6.37. The number of hydrogen-bond donors (Lipinski definition) is 1. The molecule has 120 valence electrons. The Morgan fingerprint density at radius 1 is 1.33 bits per heavy atom. The van der Waals surface area contributed by atoms with Gasteiger partial charge < -0.3 is 9.74 Å². The van der Waals surface area contributed by atoms with Crippen molar-refractivity contribution in [1.29, 1.82) is 0 Å². The Morgan fingerprint density at radius 3 is 2.57 bits per heavy atom. The Kier molecular flexibility index (Phi) is 6.71. The molecular formula is C18H33NOSi. The number of allylic oxidation sites excluding steroid dienone is 1. The normalized spacial score (nSPS) is 24.8. The molecule has 2 atom stereocenters. The molecule has 1 saturated heterocycles. The molecule has 1 aliphatic rings. The third kappa shape index (κ3) is 5.62. The molecular weight excluding hydrogens is 274 g/mol. The van der Waals surface area contributed by atoms with Crippen LogP contribution < -0.4 is 5.32 Å². The molecule has 1 heterocycles. The minimum atomic E-state index is -1.65. The van der Waals surface area contributed by atoms with E-state index >= 15 is 0 Å². The monoisotopic (exact) mass is 307 g/mol. The van der Waals surface area contributed by atoms with Crippen molar-refractivity contribution >= 4 is 8.32 Å². The highest BCUT2D eigenvalue weighted by atomic mass is 28.4. The lowest BCUT2D eigenvalue weighted by Crippen LogP contribution is -2.45. The van der Waals surface area contributed by atoms with Crippen LogP contribution in [0.15, 0.2) is 12.2 Å². The Labute approximate surface area is 132 Å². The van der Waals surface area contributed by atoms with E-state index in [0.29, 0.717) is 12.0 Å². The second-order valence-electron chi connectivity index (χ2n) is 7.81. The quantitative estimate of drug-likeness (QED) is 0.616. The Balaban J connectivity index is 2.52. The SMILES string of the molecule is C#CC(=C)C1CCCN[C@H](CO[Si](C)(C)C(C)(C)C)CC1. The van der Waals surface area contributed by atoms with E-state index in [2.05, 4.69) is 51.7 Å². The highest BCUT2D eigenvalue weighted by molar-refractivity contribution is 6.74. The summed E-state index contributed by atoms with van der Waals surface area (Å²) in [5.41, 5.74) is 0.973. The minimum Gasteiger partial charge on any atom is -0.415 e. The van der Waals surface area contributed by atoms with Gasteiger partial charge in [-0.3, -0.25) is 0 Å². The zero-order chi connectivity index (χ0) is 16.1. The number of nitrogens with one attached hydrogen (secondary N) is 1. The summed E-state index contributed by atoms with van der Waals surface area (Å²) >= 11 is 0. The van der Waals surface area contributed by atoms with Gasteiger partial charge in [0.1, 0.15) is 0 Å². The van der Waals surface area contributed by atoms with Crippen LogP contribution in [0.3, 0.4) is 0 Å². The van der Waals surface area contributed by atoms with Gasteiger partial charge in [0.25, 0.3) is 0 Å². The molecule has 1 N–H and O–H groups in total. The van der Waals surface area contributed by atoms with E-state index in [4.69, 9.17) is 10.8 Å². The first-order valence-electron chi connectivity index (χ1n) is 8.20. The average molecular weight is 308 g/mol. The van der Waals surface area contributed by atoms with Gasteiger partial charge in [0.15, 0.2) is 8.32 Å². The summed E-state index contributed by atoms with van der Waals surface area (Å²) in [5.74, 6) is 3.23. The Hall–Kier alpha value is -0.563. The van der Waals surface area contributed by atoms with Crippen LogP contribution in [0.25, 0.3) is 0 Å². The molecule has 0 amide bonds. The van der Waals surface area contributed by atoms with Crippen LogP contribution in [-0.2, 0) is 4.43 Å². The maximum absolute atomic E-state index is 6.37. The van der Waals surface area contributed by atoms with Crippen molar-refractivity contribution in [1.82, 2.24) is 5.32 Å². The molecule has 0 aliphatic carbocycles. The summed E-state index contributed by atoms with van der Waals surface area (Å²) in [6, 6.07) is 0.451. The standard InChI is InChI=1S/C18H33NOSi/c1-8-15(2)16-10-9-13-19-17(12-11-16)14-20-21(6,7)18(3,4)5/h1,16-17,19H,2,9-14H2,3-7H3/t16?,17-/m0/s1. The molecule has 3 heteroatoms. The summed E-state index contributed by atoms with van der Waals surface area (Å²) in [5, 5.41) is 3.91. The van der Waals surface area contributed by atoms with Crippen molar-refractivity contribution in [2.45, 2.75) is 70.6 Å². The maximum atomic E-state index is 6.37. The van der Waals surface area contributed by atoms with E-state index < -0.39 is 8.32 Å². The molecule has 1 aliphatic heterocycles. The topological polar surface area (TPSA) is 21.3 Å². The Morgan fingerprint density at radius 2 is 2.00 bits per heavy atom. The van der Waals surface area contributed by atoms with Gasteiger partial charge in [0.05, 0.1) is 0 Å². The van der Waals surface area contributed by atoms with Gasteiger partial charge >= 0.3 is 0 Å². The highest BCUT2D eigenvalue weighted by Gasteiger charge is 2.37. The van der Waals surface area contributed by atoms with E-state index in [9.17, 15) is 0 Å². The maximum Gasteiger partial charge on any atom is 0.192 e. The lowest BCUT2D eigenvalue weighted by molar-refractivity contribution is 0.222. The van der Waals surface area contributed by atoms with Crippen LogP contribution in [0, 0.1) is 18.3 Å². The van der Waals surface area contributed by atoms with Crippen molar-refractivity contribution in [3.63, 3.8) is 0 Å². The number of hydrogen-bond acceptors (Lipinski definition) is 2. The second kappa shape index (κ2) is 7.62. The third-order valence-corrected chi connectivity index (χ3v) is 9.66. The van der Waals surface area contributed by atoms with Crippen LogP contribution in [0.4, 0.5) is 0 Å². The van der Waals surface area contributed by atoms with E-state index in [1.807, 2.05) is 0 Å². The summed E-state index contributed by atoms with van der Waals surface area (Å²) in [4.78, 5) is 0. The van der Waals surface area contributed by atoms with Gasteiger partial charge in [-0.2, -0.15) is 0 Å². The van der Waals surface area contributed by atoms with Crippen LogP contribution in [-0.4, -0.2) is 27.5 Å². The van der Waals surface area contributed by atoms with Crippen molar-refractivity contribution in [3.05, 3.63) is 12.2 Å². The average Bonchev–Trinajstić information content (AvgIpc) is 2.35. The molecule has 0 aromatic rings. The van der Waals surface area contributed by atoms with E-state index in [0.717, 1.165) is 38.0 Å². The second-order valence-corrected chi connectivity index (χ2v) is 12.6. The molecule has 1 rings (SSSR count). The third-order valence-electron chi connectivity index (χ3n) is 5.16. The van der Waals surface area contributed by atoms with Gasteiger partial charge in [-0.25, -0.2) is 0 Å². The summed E-state index contributed by atoms with van der Waals surface area (Å²) in [6.07, 6.45) is 10.1. The number of rotatable bonds is 4. The van der Waals surface area contributed by atoms with Gasteiger partial charge in [0, 0.05) is 12.6 Å². The molecule has 0 radical (unpaired) electrons. The first-order chi connectivity index (χ1) is 9.67. The summed E-state index contributed by atoms with van der Waals surface area (Å²) in [7, 11) is -1.65. The van der Waals surface area contributed by atoms with Crippen molar-refractivity contribution in [3.8, 4) is 12.3 Å². The molecule has 0 aromatic heterocycles. The van der Waals surface area contributed by atoms with Crippen LogP contribution >= 0.6 is 0 Å². The largest absolute Gasteiger partial charge is 0.415 e. The Bertz CT molecular complexity index is 389. The van der Waals surface area contributed by atoms with Gasteiger partial charge in [-0.15, -0.1) is 6.42 Å². The lowest BCUT2D eigenvalue weighted by atomic mass is 9.88. The van der Waals surface area contributed by atoms with Crippen molar-refractivity contribution < 1.29 is 4.43 Å². The van der Waals surface area contributed by atoms with E-state index in [1.165, 1.54) is 6.42 Å². The molecule has 0 aromatic carbocycles. The molecule has 1 unspecified atom stereocenters. The molecule has 0 spiro atoms. The molecule has 2 nitrogen and oxygen atoms in total. The fourth-order valence-electron chi connectivity index (χ4n) is 2.44.